The Hall–Kier alpha value is -3.59. The van der Waals surface area contributed by atoms with Crippen molar-refractivity contribution in [3.63, 3.8) is 0 Å². The molecule has 3 heterocycles. The maximum absolute atomic E-state index is 14.0. The summed E-state index contributed by atoms with van der Waals surface area (Å²) >= 11 is 0. The van der Waals surface area contributed by atoms with Gasteiger partial charge in [0.2, 0.25) is 17.7 Å². The standard InChI is InChI=1S/C34H46N4O5/c1-3-36-22-23-43-30-14-7-4-10-26(30)11-8-9-15-34(33(36)41)16-19-37(20-17-34)31(39)24-28-32(40)35-18-21-38(28)25-27-12-5-6-13-29(27)42-2/h4-7,10,12-14,28H,3,8-9,11,15-25H2,1-2H3,(H,35,40). The van der Waals surface area contributed by atoms with Gasteiger partial charge < -0.3 is 24.6 Å². The largest absolute Gasteiger partial charge is 0.496 e. The molecule has 232 valence electrons. The van der Waals surface area contributed by atoms with Gasteiger partial charge in [0, 0.05) is 44.8 Å². The van der Waals surface area contributed by atoms with Gasteiger partial charge in [-0.15, -0.1) is 0 Å². The van der Waals surface area contributed by atoms with Crippen molar-refractivity contribution in [1.82, 2.24) is 20.0 Å². The van der Waals surface area contributed by atoms with Crippen LogP contribution in [0.15, 0.2) is 48.5 Å². The second kappa shape index (κ2) is 14.3. The molecular weight excluding hydrogens is 544 g/mol. The quantitative estimate of drug-likeness (QED) is 0.553. The van der Waals surface area contributed by atoms with Crippen molar-refractivity contribution in [3.05, 3.63) is 59.7 Å². The first kappa shape index (κ1) is 30.9. The summed E-state index contributed by atoms with van der Waals surface area (Å²) in [5.74, 6) is 1.74. The number of methoxy groups -OCH3 is 1. The average molecular weight is 591 g/mol. The molecule has 0 radical (unpaired) electrons. The summed E-state index contributed by atoms with van der Waals surface area (Å²) in [7, 11) is 1.64. The zero-order valence-corrected chi connectivity index (χ0v) is 25.7. The fourth-order valence-corrected chi connectivity index (χ4v) is 6.91. The number of amides is 3. The number of ether oxygens (including phenoxy) is 2. The third kappa shape index (κ3) is 7.15. The lowest BCUT2D eigenvalue weighted by Crippen LogP contribution is -2.57. The molecule has 43 heavy (non-hydrogen) atoms. The molecule has 3 aliphatic heterocycles. The molecule has 3 amide bonds. The molecule has 1 N–H and O–H groups in total. The van der Waals surface area contributed by atoms with Crippen molar-refractivity contribution in [2.45, 2.75) is 64.5 Å². The second-order valence-electron chi connectivity index (χ2n) is 12.0. The van der Waals surface area contributed by atoms with E-state index in [0.717, 1.165) is 42.7 Å². The summed E-state index contributed by atoms with van der Waals surface area (Å²) in [6, 6.07) is 15.5. The van der Waals surface area contributed by atoms with Gasteiger partial charge in [-0.25, -0.2) is 0 Å². The SMILES string of the molecule is CCN1CCOc2ccccc2CCCCC2(CCN(C(=O)CC3C(=O)NCCN3Cc3ccccc3OC)CC2)C1=O. The predicted octanol–water partition coefficient (Wildman–Crippen LogP) is 3.65. The van der Waals surface area contributed by atoms with E-state index in [-0.39, 0.29) is 24.1 Å². The fourth-order valence-electron chi connectivity index (χ4n) is 6.91. The Morgan fingerprint density at radius 3 is 2.56 bits per heavy atom. The lowest BCUT2D eigenvalue weighted by atomic mass is 9.73. The van der Waals surface area contributed by atoms with Crippen molar-refractivity contribution in [3.8, 4) is 11.5 Å². The normalized spacial score (nSPS) is 21.7. The zero-order valence-electron chi connectivity index (χ0n) is 25.7. The zero-order chi connectivity index (χ0) is 30.2. The van der Waals surface area contributed by atoms with E-state index < -0.39 is 11.5 Å². The van der Waals surface area contributed by atoms with Crippen LogP contribution in [-0.2, 0) is 27.3 Å². The Morgan fingerprint density at radius 2 is 1.77 bits per heavy atom. The van der Waals surface area contributed by atoms with E-state index in [4.69, 9.17) is 9.47 Å². The number of para-hydroxylation sites is 2. The number of likely N-dealkylation sites (N-methyl/N-ethyl adjacent to an activating group) is 1. The molecule has 1 unspecified atom stereocenters. The number of piperazine rings is 1. The first-order valence-electron chi connectivity index (χ1n) is 15.9. The summed E-state index contributed by atoms with van der Waals surface area (Å²) < 4.78 is 11.6. The van der Waals surface area contributed by atoms with E-state index in [1.165, 1.54) is 5.56 Å². The van der Waals surface area contributed by atoms with Crippen molar-refractivity contribution in [2.24, 2.45) is 5.41 Å². The van der Waals surface area contributed by atoms with Crippen LogP contribution in [0.3, 0.4) is 0 Å². The molecule has 0 aliphatic carbocycles. The van der Waals surface area contributed by atoms with E-state index in [2.05, 4.69) is 22.3 Å². The van der Waals surface area contributed by atoms with Gasteiger partial charge >= 0.3 is 0 Å². The minimum atomic E-state index is -0.538. The van der Waals surface area contributed by atoms with E-state index in [1.807, 2.05) is 53.1 Å². The lowest BCUT2D eigenvalue weighted by molar-refractivity contribution is -0.150. The van der Waals surface area contributed by atoms with Crippen molar-refractivity contribution >= 4 is 17.7 Å². The number of hydrogen-bond donors (Lipinski definition) is 1. The van der Waals surface area contributed by atoms with Gasteiger partial charge in [-0.3, -0.25) is 19.3 Å². The molecule has 0 aromatic heterocycles. The number of benzene rings is 2. The number of likely N-dealkylation sites (tertiary alicyclic amines) is 1. The topological polar surface area (TPSA) is 91.4 Å². The molecule has 9 heteroatoms. The van der Waals surface area contributed by atoms with Crippen LogP contribution in [0.25, 0.3) is 0 Å². The van der Waals surface area contributed by atoms with Gasteiger partial charge in [-0.05, 0) is 56.7 Å². The highest BCUT2D eigenvalue weighted by molar-refractivity contribution is 5.89. The summed E-state index contributed by atoms with van der Waals surface area (Å²) in [5, 5.41) is 2.95. The van der Waals surface area contributed by atoms with Crippen LogP contribution in [0.5, 0.6) is 11.5 Å². The van der Waals surface area contributed by atoms with Crippen LogP contribution in [0, 0.1) is 5.41 Å². The van der Waals surface area contributed by atoms with Gasteiger partial charge in [0.25, 0.3) is 0 Å². The number of rotatable bonds is 6. The molecule has 0 saturated carbocycles. The highest BCUT2D eigenvalue weighted by atomic mass is 16.5. The van der Waals surface area contributed by atoms with Gasteiger partial charge in [0.1, 0.15) is 18.1 Å². The molecule has 2 aromatic rings. The van der Waals surface area contributed by atoms with Gasteiger partial charge in [-0.2, -0.15) is 0 Å². The minimum absolute atomic E-state index is 0.0279. The smallest absolute Gasteiger partial charge is 0.237 e. The molecule has 2 fully saturated rings. The van der Waals surface area contributed by atoms with Crippen LogP contribution in [0.4, 0.5) is 0 Å². The minimum Gasteiger partial charge on any atom is -0.496 e. The van der Waals surface area contributed by atoms with Crippen LogP contribution >= 0.6 is 0 Å². The van der Waals surface area contributed by atoms with Crippen LogP contribution in [0.1, 0.15) is 56.6 Å². The molecule has 2 aromatic carbocycles. The maximum Gasteiger partial charge on any atom is 0.237 e. The van der Waals surface area contributed by atoms with Gasteiger partial charge in [-0.1, -0.05) is 42.8 Å². The third-order valence-electron chi connectivity index (χ3n) is 9.51. The van der Waals surface area contributed by atoms with Crippen LogP contribution < -0.4 is 14.8 Å². The van der Waals surface area contributed by atoms with E-state index in [0.29, 0.717) is 65.3 Å². The Morgan fingerprint density at radius 1 is 1.00 bits per heavy atom. The first-order chi connectivity index (χ1) is 20.9. The Balaban J connectivity index is 1.24. The fraction of sp³-hybridized carbons (Fsp3) is 0.559. The number of nitrogens with one attached hydrogen (secondary N) is 1. The van der Waals surface area contributed by atoms with Gasteiger partial charge in [0.05, 0.1) is 31.5 Å². The second-order valence-corrected chi connectivity index (χ2v) is 12.0. The molecular formula is C34H46N4O5. The van der Waals surface area contributed by atoms with Gasteiger partial charge in [0.15, 0.2) is 0 Å². The number of carbonyl (C=O) groups is 3. The Kier molecular flexibility index (Phi) is 10.2. The van der Waals surface area contributed by atoms with Crippen LogP contribution in [0.2, 0.25) is 0 Å². The summed E-state index contributed by atoms with van der Waals surface area (Å²) in [4.78, 5) is 46.5. The van der Waals surface area contributed by atoms with E-state index in [9.17, 15) is 14.4 Å². The molecule has 5 rings (SSSR count). The van der Waals surface area contributed by atoms with Crippen molar-refractivity contribution in [2.75, 3.05) is 53.0 Å². The molecule has 0 bridgehead atoms. The molecule has 1 atom stereocenters. The molecule has 2 saturated heterocycles. The van der Waals surface area contributed by atoms with E-state index >= 15 is 0 Å². The molecule has 1 spiro atoms. The van der Waals surface area contributed by atoms with Crippen molar-refractivity contribution in [1.29, 1.82) is 0 Å². The lowest BCUT2D eigenvalue weighted by Gasteiger charge is -2.44. The Labute approximate surface area is 255 Å². The summed E-state index contributed by atoms with van der Waals surface area (Å²) in [6.45, 7) is 6.48. The maximum atomic E-state index is 14.0. The number of piperidine rings is 1. The Bertz CT molecular complexity index is 1270. The molecule has 3 aliphatic rings. The predicted molar refractivity (Wildman–Crippen MR) is 165 cm³/mol. The third-order valence-corrected chi connectivity index (χ3v) is 9.51. The highest BCUT2D eigenvalue weighted by Crippen LogP contribution is 2.39. The molecule has 9 nitrogen and oxygen atoms in total. The average Bonchev–Trinajstić information content (AvgIpc) is 3.03. The van der Waals surface area contributed by atoms with E-state index in [1.54, 1.807) is 7.11 Å². The van der Waals surface area contributed by atoms with Crippen molar-refractivity contribution < 1.29 is 23.9 Å². The highest BCUT2D eigenvalue weighted by Gasteiger charge is 2.44. The number of aryl methyl sites for hydroxylation is 1. The number of carbonyl (C=O) groups excluding carboxylic acids is 3. The number of nitrogens with zero attached hydrogens (tertiary/aromatic N) is 3. The first-order valence-corrected chi connectivity index (χ1v) is 15.9. The summed E-state index contributed by atoms with van der Waals surface area (Å²) in [5.41, 5.74) is 1.75. The number of fused-ring (bicyclic) bond motifs is 1. The van der Waals surface area contributed by atoms with Crippen LogP contribution in [-0.4, -0.2) is 91.4 Å². The summed E-state index contributed by atoms with van der Waals surface area (Å²) in [6.07, 6.45) is 5.11. The number of hydrogen-bond acceptors (Lipinski definition) is 6. The monoisotopic (exact) mass is 590 g/mol.